The van der Waals surface area contributed by atoms with Gasteiger partial charge < -0.3 is 80.5 Å². The highest BCUT2D eigenvalue weighted by Crippen LogP contribution is 2.44. The Hall–Kier alpha value is -10.2. The second kappa shape index (κ2) is 30.9. The van der Waals surface area contributed by atoms with Crippen LogP contribution in [0.2, 0.25) is 0 Å². The molecule has 0 N–H and O–H groups in total. The molecule has 0 amide bonds. The van der Waals surface area contributed by atoms with E-state index in [0.717, 1.165) is 7.11 Å². The fourth-order valence-corrected chi connectivity index (χ4v) is 12.0. The molecule has 0 saturated carbocycles. The van der Waals surface area contributed by atoms with E-state index in [0.29, 0.717) is 16.9 Å². The molecule has 5 fully saturated rings. The van der Waals surface area contributed by atoms with Crippen molar-refractivity contribution in [1.82, 2.24) is 0 Å². The zero-order valence-electron chi connectivity index (χ0n) is 52.6. The fraction of sp³-hybridized carbons (Fsp3) is 0.280. The fourth-order valence-electron chi connectivity index (χ4n) is 12.0. The number of carbonyl (C=O) groups excluding carboxylic acids is 6. The van der Waals surface area contributed by atoms with Gasteiger partial charge in [-0.3, -0.25) is 0 Å². The molecular formula is C75H66O23. The van der Waals surface area contributed by atoms with Crippen molar-refractivity contribution in [2.45, 2.75) is 105 Å². The zero-order valence-corrected chi connectivity index (χ0v) is 52.6. The van der Waals surface area contributed by atoms with Gasteiger partial charge in [0, 0.05) is 11.1 Å². The summed E-state index contributed by atoms with van der Waals surface area (Å²) < 4.78 is 111. The number of hydrogen-bond acceptors (Lipinski definition) is 23. The van der Waals surface area contributed by atoms with Crippen molar-refractivity contribution in [3.05, 3.63) is 276 Å². The van der Waals surface area contributed by atoms with Gasteiger partial charge in [0.05, 0.1) is 55.3 Å². The first kappa shape index (κ1) is 66.4. The van der Waals surface area contributed by atoms with Crippen LogP contribution in [0.15, 0.2) is 237 Å². The van der Waals surface area contributed by atoms with E-state index in [2.05, 4.69) is 0 Å². The lowest BCUT2D eigenvalue weighted by atomic mass is 9.94. The number of ether oxygens (including phenoxy) is 17. The molecule has 5 aliphatic heterocycles. The lowest BCUT2D eigenvalue weighted by molar-refractivity contribution is -0.411. The van der Waals surface area contributed by atoms with Gasteiger partial charge in [0.15, 0.2) is 61.8 Å². The molecule has 0 aliphatic carbocycles. The summed E-state index contributed by atoms with van der Waals surface area (Å²) in [5.74, 6) is -5.24. The Kier molecular flexibility index (Phi) is 21.0. The van der Waals surface area contributed by atoms with Gasteiger partial charge >= 0.3 is 35.8 Å². The Morgan fingerprint density at radius 2 is 0.643 bits per heavy atom. The minimum absolute atomic E-state index is 0.00148. The Balaban J connectivity index is 0.967. The van der Waals surface area contributed by atoms with E-state index in [1.807, 2.05) is 6.07 Å². The summed E-state index contributed by atoms with van der Waals surface area (Å²) in [6, 6.07) is 63.8. The Morgan fingerprint density at radius 3 is 1.02 bits per heavy atom. The second-order valence-corrected chi connectivity index (χ2v) is 23.1. The Morgan fingerprint density at radius 1 is 0.327 bits per heavy atom. The molecule has 0 unspecified atom stereocenters. The van der Waals surface area contributed by atoms with Gasteiger partial charge in [-0.25, -0.2) is 28.8 Å². The van der Waals surface area contributed by atoms with Crippen LogP contribution in [0.3, 0.4) is 0 Å². The maximum Gasteiger partial charge on any atom is 0.339 e. The molecule has 8 aromatic carbocycles. The molecule has 5 heterocycles. The third-order valence-electron chi connectivity index (χ3n) is 16.8. The van der Waals surface area contributed by atoms with E-state index in [1.54, 1.807) is 182 Å². The number of benzene rings is 8. The van der Waals surface area contributed by atoms with Gasteiger partial charge in [0.1, 0.15) is 48.1 Å². The van der Waals surface area contributed by atoms with E-state index in [9.17, 15) is 24.0 Å². The van der Waals surface area contributed by atoms with Gasteiger partial charge in [0.25, 0.3) is 0 Å². The lowest BCUT2D eigenvalue weighted by Gasteiger charge is -2.53. The van der Waals surface area contributed by atoms with Crippen molar-refractivity contribution >= 4 is 35.8 Å². The molecule has 5 aliphatic rings. The largest absolute Gasteiger partial charge is 0.497 e. The van der Waals surface area contributed by atoms with Crippen LogP contribution in [-0.4, -0.2) is 155 Å². The molecular weight excluding hydrogens is 1270 g/mol. The molecule has 23 heteroatoms. The van der Waals surface area contributed by atoms with Crippen LogP contribution in [-0.2, 0) is 75.8 Å². The summed E-state index contributed by atoms with van der Waals surface area (Å²) in [6.45, 7) is -0.416. The molecule has 23 nitrogen and oxygen atoms in total. The molecule has 0 radical (unpaired) electrons. The van der Waals surface area contributed by atoms with Gasteiger partial charge in [-0.15, -0.1) is 0 Å². The first-order valence-electron chi connectivity index (χ1n) is 31.6. The first-order valence-corrected chi connectivity index (χ1v) is 31.6. The van der Waals surface area contributed by atoms with E-state index in [1.165, 1.54) is 55.6 Å². The summed E-state index contributed by atoms with van der Waals surface area (Å²) in [4.78, 5) is 88.3. The minimum atomic E-state index is -2.13. The summed E-state index contributed by atoms with van der Waals surface area (Å²) >= 11 is 0. The predicted molar refractivity (Wildman–Crippen MR) is 340 cm³/mol. The summed E-state index contributed by atoms with van der Waals surface area (Å²) in [5.41, 5.74) is 1.33. The van der Waals surface area contributed by atoms with E-state index in [-0.39, 0.29) is 46.8 Å². The Labute approximate surface area is 562 Å². The van der Waals surface area contributed by atoms with Crippen LogP contribution in [0.4, 0.5) is 0 Å². The average Bonchev–Trinajstić information content (AvgIpc) is 0.751. The van der Waals surface area contributed by atoms with E-state index < -0.39 is 141 Å². The van der Waals surface area contributed by atoms with Crippen LogP contribution in [0.5, 0.6) is 11.5 Å². The quantitative estimate of drug-likeness (QED) is 0.0508. The zero-order chi connectivity index (χ0) is 67.5. The standard InChI is InChI=1S/C75H66O23/c1-82-51-38-40-52(41-39-51)86-73-62(91-67(78)46-28-14-5-15-29-46)57(55-53(87-73)42-84-71(94-55)49-34-20-8-21-35-49)96-74-63(92-68(79)47-30-16-6-17-31-47)58(56-54(88-74)43-85-72(95-56)50-36-22-9-23-37-50)97-75-64(93-69(80)48-32-18-7-19-33-48)60(90-66(77)45-26-12-4-13-27-45)59(61(98-75)70(81)83-2)89-65(76)44-24-10-3-11-25-44/h3-41,53-64,71-75H,42-43H2,1-2H3/t53-,54-,55+,56+,57+,58+,59+,60+,61+,62-,63-,64-,71+,72+,73-,74+,75-/m1/s1. The smallest absolute Gasteiger partial charge is 0.339 e. The SMILES string of the molecule is COC(=O)[C@H]1O[C@@H](O[C@H]2[C@H]3O[C@@H](c4ccccc4)OC[C@H]3O[C@@H](O[C@H]3[C@H]4O[C@@H](c5ccccc5)OC[C@H]4O[C@@H](Oc4ccc(OC)cc4)[C@@H]3OC(=O)c3ccccc3)[C@@H]2OC(=O)c2ccccc2)[C@H](OC(=O)c2ccccc2)[C@@H](OC(=O)c2ccccc2)[C@@H]1OC(=O)c1ccccc1. The minimum Gasteiger partial charge on any atom is -0.497 e. The van der Waals surface area contributed by atoms with Crippen LogP contribution in [0.25, 0.3) is 0 Å². The normalized spacial score (nSPS) is 28.0. The molecule has 0 spiro atoms. The number of methoxy groups -OCH3 is 2. The van der Waals surface area contributed by atoms with Crippen LogP contribution < -0.4 is 9.47 Å². The molecule has 8 aromatic rings. The number of fused-ring (bicyclic) bond motifs is 2. The van der Waals surface area contributed by atoms with Crippen molar-refractivity contribution in [2.24, 2.45) is 0 Å². The van der Waals surface area contributed by atoms with Crippen molar-refractivity contribution in [3.8, 4) is 11.5 Å². The predicted octanol–water partition coefficient (Wildman–Crippen LogP) is 9.55. The van der Waals surface area contributed by atoms with Crippen molar-refractivity contribution < 1.29 is 109 Å². The van der Waals surface area contributed by atoms with Crippen LogP contribution in [0, 0.1) is 0 Å². The van der Waals surface area contributed by atoms with Gasteiger partial charge in [-0.2, -0.15) is 0 Å². The van der Waals surface area contributed by atoms with E-state index in [4.69, 9.17) is 80.5 Å². The highest BCUT2D eigenvalue weighted by molar-refractivity contribution is 5.92. The molecule has 504 valence electrons. The van der Waals surface area contributed by atoms with Gasteiger partial charge in [-0.05, 0) is 84.9 Å². The lowest BCUT2D eigenvalue weighted by Crippen LogP contribution is -2.70. The molecule has 13 rings (SSSR count). The number of hydrogen-bond donors (Lipinski definition) is 0. The molecule has 17 atom stereocenters. The third kappa shape index (κ3) is 15.2. The topological polar surface area (TPSA) is 259 Å². The van der Waals surface area contributed by atoms with Crippen LogP contribution in [0.1, 0.15) is 75.5 Å². The number of carbonyl (C=O) groups is 6. The van der Waals surface area contributed by atoms with Crippen LogP contribution >= 0.6 is 0 Å². The van der Waals surface area contributed by atoms with Crippen molar-refractivity contribution in [2.75, 3.05) is 27.4 Å². The second-order valence-electron chi connectivity index (χ2n) is 23.1. The van der Waals surface area contributed by atoms with Gasteiger partial charge in [0.2, 0.25) is 6.29 Å². The monoisotopic (exact) mass is 1330 g/mol. The molecule has 98 heavy (non-hydrogen) atoms. The third-order valence-corrected chi connectivity index (χ3v) is 16.8. The number of rotatable bonds is 20. The average molecular weight is 1340 g/mol. The molecule has 0 aromatic heterocycles. The summed E-state index contributed by atoms with van der Waals surface area (Å²) in [7, 11) is 2.56. The first-order chi connectivity index (χ1) is 48.0. The maximum atomic E-state index is 15.2. The highest BCUT2D eigenvalue weighted by Gasteiger charge is 2.62. The maximum absolute atomic E-state index is 15.2. The summed E-state index contributed by atoms with van der Waals surface area (Å²) in [6.07, 6.45) is -27.6. The summed E-state index contributed by atoms with van der Waals surface area (Å²) in [5, 5.41) is 0. The van der Waals surface area contributed by atoms with Crippen molar-refractivity contribution in [1.29, 1.82) is 0 Å². The highest BCUT2D eigenvalue weighted by atomic mass is 16.8. The molecule has 5 saturated heterocycles. The van der Waals surface area contributed by atoms with Crippen molar-refractivity contribution in [3.63, 3.8) is 0 Å². The molecule has 0 bridgehead atoms. The van der Waals surface area contributed by atoms with Gasteiger partial charge in [-0.1, -0.05) is 152 Å². The Bertz CT molecular complexity index is 3970. The van der Waals surface area contributed by atoms with E-state index >= 15 is 4.79 Å². The number of esters is 6.